The van der Waals surface area contributed by atoms with Crippen LogP contribution in [-0.2, 0) is 18.5 Å². The van der Waals surface area contributed by atoms with Crippen LogP contribution in [0.25, 0.3) is 0 Å². The topological polar surface area (TPSA) is 34.0 Å². The molecule has 1 aliphatic rings. The zero-order valence-electron chi connectivity index (χ0n) is 15.6. The molecule has 1 aromatic carbocycles. The molecule has 0 amide bonds. The van der Waals surface area contributed by atoms with Gasteiger partial charge in [-0.1, -0.05) is 30.3 Å². The van der Waals surface area contributed by atoms with Crippen LogP contribution in [0.15, 0.2) is 48.2 Å². The maximum Gasteiger partial charge on any atom is 0.0949 e. The number of nitrogens with zero attached hydrogens (tertiary/aromatic N) is 4. The van der Waals surface area contributed by atoms with Crippen LogP contribution in [0.3, 0.4) is 0 Å². The summed E-state index contributed by atoms with van der Waals surface area (Å²) in [5.41, 5.74) is 3.87. The molecule has 0 spiro atoms. The first-order valence-corrected chi connectivity index (χ1v) is 10.3. The molecular weight excluding hydrogens is 340 g/mol. The summed E-state index contributed by atoms with van der Waals surface area (Å²) in [4.78, 5) is 12.0. The number of thiazole rings is 1. The maximum atomic E-state index is 4.89. The SMILES string of the molecule is CCn1cnc(CN2CCC(c3ccccc3)(c3csc(C)n3)CC2)c1. The molecule has 3 aromatic rings. The Bertz CT molecular complexity index is 844. The lowest BCUT2D eigenvalue weighted by molar-refractivity contribution is 0.169. The van der Waals surface area contributed by atoms with Gasteiger partial charge in [-0.3, -0.25) is 4.90 Å². The molecule has 1 aliphatic heterocycles. The van der Waals surface area contributed by atoms with Crippen LogP contribution in [0.1, 0.15) is 41.7 Å². The first-order valence-electron chi connectivity index (χ1n) is 9.41. The molecule has 2 aromatic heterocycles. The van der Waals surface area contributed by atoms with E-state index in [1.807, 2.05) is 6.33 Å². The van der Waals surface area contributed by atoms with Gasteiger partial charge in [-0.25, -0.2) is 9.97 Å². The third kappa shape index (κ3) is 3.33. The van der Waals surface area contributed by atoms with Crippen molar-refractivity contribution in [3.05, 3.63) is 70.2 Å². The highest BCUT2D eigenvalue weighted by molar-refractivity contribution is 7.09. The van der Waals surface area contributed by atoms with Crippen molar-refractivity contribution < 1.29 is 0 Å². The van der Waals surface area contributed by atoms with Crippen molar-refractivity contribution in [1.82, 2.24) is 19.4 Å². The Kier molecular flexibility index (Phi) is 4.92. The van der Waals surface area contributed by atoms with E-state index >= 15 is 0 Å². The van der Waals surface area contributed by atoms with Gasteiger partial charge in [-0.15, -0.1) is 11.3 Å². The van der Waals surface area contributed by atoms with Crippen LogP contribution in [0.2, 0.25) is 0 Å². The van der Waals surface area contributed by atoms with Crippen LogP contribution in [0.4, 0.5) is 0 Å². The molecule has 1 saturated heterocycles. The molecule has 1 fully saturated rings. The summed E-state index contributed by atoms with van der Waals surface area (Å²) in [7, 11) is 0. The van der Waals surface area contributed by atoms with Crippen molar-refractivity contribution in [3.8, 4) is 0 Å². The summed E-state index contributed by atoms with van der Waals surface area (Å²) in [6, 6.07) is 10.9. The van der Waals surface area contributed by atoms with Crippen molar-refractivity contribution >= 4 is 11.3 Å². The minimum atomic E-state index is 0.0469. The first-order chi connectivity index (χ1) is 12.7. The Morgan fingerprint density at radius 1 is 1.15 bits per heavy atom. The van der Waals surface area contributed by atoms with Crippen LogP contribution < -0.4 is 0 Å². The number of aryl methyl sites for hydroxylation is 2. The molecule has 26 heavy (non-hydrogen) atoms. The first kappa shape index (κ1) is 17.4. The van der Waals surface area contributed by atoms with Crippen LogP contribution in [0.5, 0.6) is 0 Å². The molecular formula is C21H26N4S. The predicted molar refractivity (Wildman–Crippen MR) is 106 cm³/mol. The van der Waals surface area contributed by atoms with Gasteiger partial charge in [0.15, 0.2) is 0 Å². The summed E-state index contributed by atoms with van der Waals surface area (Å²) in [5.74, 6) is 0. The predicted octanol–water partition coefficient (Wildman–Crippen LogP) is 4.25. The fourth-order valence-corrected chi connectivity index (χ4v) is 4.73. The molecule has 0 N–H and O–H groups in total. The molecule has 136 valence electrons. The lowest BCUT2D eigenvalue weighted by atomic mass is 9.70. The molecule has 5 heteroatoms. The number of imidazole rings is 1. The molecule has 0 saturated carbocycles. The van der Waals surface area contributed by atoms with Gasteiger partial charge in [-0.05, 0) is 45.3 Å². The van der Waals surface area contributed by atoms with E-state index in [2.05, 4.69) is 70.2 Å². The van der Waals surface area contributed by atoms with E-state index in [9.17, 15) is 0 Å². The summed E-state index contributed by atoms with van der Waals surface area (Å²) in [6.07, 6.45) is 6.32. The van der Waals surface area contributed by atoms with E-state index in [-0.39, 0.29) is 5.41 Å². The minimum Gasteiger partial charge on any atom is -0.337 e. The van der Waals surface area contributed by atoms with Gasteiger partial charge in [0.05, 0.1) is 22.7 Å². The highest BCUT2D eigenvalue weighted by atomic mass is 32.1. The summed E-state index contributed by atoms with van der Waals surface area (Å²) in [6.45, 7) is 8.32. The zero-order chi connectivity index (χ0) is 18.0. The standard InChI is InChI=1S/C21H26N4S/c1-3-24-13-19(22-16-24)14-25-11-9-21(10-12-25,18-7-5-4-6-8-18)20-15-26-17(2)23-20/h4-8,13,15-16H,3,9-12,14H2,1-2H3. The molecule has 3 heterocycles. The Morgan fingerprint density at radius 3 is 2.54 bits per heavy atom. The van der Waals surface area contributed by atoms with Gasteiger partial charge in [-0.2, -0.15) is 0 Å². The highest BCUT2D eigenvalue weighted by Crippen LogP contribution is 2.42. The minimum absolute atomic E-state index is 0.0469. The smallest absolute Gasteiger partial charge is 0.0949 e. The molecule has 0 unspecified atom stereocenters. The summed E-state index contributed by atoms with van der Waals surface area (Å²) in [5, 5.41) is 3.42. The lowest BCUT2D eigenvalue weighted by Gasteiger charge is -2.41. The molecule has 4 nitrogen and oxygen atoms in total. The van der Waals surface area contributed by atoms with Gasteiger partial charge < -0.3 is 4.57 Å². The van der Waals surface area contributed by atoms with E-state index < -0.39 is 0 Å². The molecule has 4 rings (SSSR count). The maximum absolute atomic E-state index is 4.89. The normalized spacial score (nSPS) is 17.5. The fourth-order valence-electron chi connectivity index (χ4n) is 4.02. The lowest BCUT2D eigenvalue weighted by Crippen LogP contribution is -2.43. The Hall–Kier alpha value is -1.98. The van der Waals surface area contributed by atoms with E-state index in [1.54, 1.807) is 11.3 Å². The van der Waals surface area contributed by atoms with Gasteiger partial charge in [0, 0.05) is 30.1 Å². The highest BCUT2D eigenvalue weighted by Gasteiger charge is 2.39. The van der Waals surface area contributed by atoms with Crippen molar-refractivity contribution in [2.45, 2.75) is 45.2 Å². The second-order valence-corrected chi connectivity index (χ2v) is 8.23. The van der Waals surface area contributed by atoms with Gasteiger partial charge in [0.25, 0.3) is 0 Å². The van der Waals surface area contributed by atoms with E-state index in [1.165, 1.54) is 17.0 Å². The molecule has 0 bridgehead atoms. The number of hydrogen-bond acceptors (Lipinski definition) is 4. The largest absolute Gasteiger partial charge is 0.337 e. The Morgan fingerprint density at radius 2 is 1.92 bits per heavy atom. The number of benzene rings is 1. The Labute approximate surface area is 159 Å². The van der Waals surface area contributed by atoms with E-state index in [0.29, 0.717) is 0 Å². The number of aromatic nitrogens is 3. The van der Waals surface area contributed by atoms with E-state index in [0.717, 1.165) is 44.0 Å². The molecule has 0 aliphatic carbocycles. The van der Waals surface area contributed by atoms with Gasteiger partial charge in [0.2, 0.25) is 0 Å². The average Bonchev–Trinajstić information content (AvgIpc) is 3.32. The van der Waals surface area contributed by atoms with Crippen molar-refractivity contribution in [1.29, 1.82) is 0 Å². The zero-order valence-corrected chi connectivity index (χ0v) is 16.4. The Balaban J connectivity index is 1.54. The van der Waals surface area contributed by atoms with Crippen LogP contribution in [0, 0.1) is 6.92 Å². The third-order valence-electron chi connectivity index (χ3n) is 5.58. The fraction of sp³-hybridized carbons (Fsp3) is 0.429. The molecule has 0 radical (unpaired) electrons. The average molecular weight is 367 g/mol. The number of rotatable bonds is 5. The monoisotopic (exact) mass is 366 g/mol. The van der Waals surface area contributed by atoms with Crippen LogP contribution >= 0.6 is 11.3 Å². The third-order valence-corrected chi connectivity index (χ3v) is 6.36. The summed E-state index contributed by atoms with van der Waals surface area (Å²) >= 11 is 1.76. The summed E-state index contributed by atoms with van der Waals surface area (Å²) < 4.78 is 2.14. The van der Waals surface area contributed by atoms with Gasteiger partial charge >= 0.3 is 0 Å². The van der Waals surface area contributed by atoms with Gasteiger partial charge in [0.1, 0.15) is 0 Å². The second-order valence-electron chi connectivity index (χ2n) is 7.17. The number of piperidine rings is 1. The van der Waals surface area contributed by atoms with Crippen LogP contribution in [-0.4, -0.2) is 32.5 Å². The number of hydrogen-bond donors (Lipinski definition) is 0. The van der Waals surface area contributed by atoms with Crippen molar-refractivity contribution in [2.75, 3.05) is 13.1 Å². The molecule has 0 atom stereocenters. The quantitative estimate of drug-likeness (QED) is 0.677. The number of likely N-dealkylation sites (tertiary alicyclic amines) is 1. The van der Waals surface area contributed by atoms with E-state index in [4.69, 9.17) is 4.98 Å². The van der Waals surface area contributed by atoms with Crippen molar-refractivity contribution in [3.63, 3.8) is 0 Å². The van der Waals surface area contributed by atoms with Crippen molar-refractivity contribution in [2.24, 2.45) is 0 Å². The second kappa shape index (κ2) is 7.33.